The Balaban J connectivity index is 2.55. The van der Waals surface area contributed by atoms with Crippen molar-refractivity contribution in [2.45, 2.75) is 32.7 Å². The molecular weight excluding hydrogens is 206 g/mol. The molecule has 92 valence electrons. The number of nitrogens with two attached hydrogens (primary N) is 1. The molecule has 0 heterocycles. The van der Waals surface area contributed by atoms with Crippen LogP contribution < -0.4 is 16.4 Å². The van der Waals surface area contributed by atoms with Gasteiger partial charge in [-0.25, -0.2) is 0 Å². The zero-order valence-electron chi connectivity index (χ0n) is 10.2. The van der Waals surface area contributed by atoms with Crippen molar-refractivity contribution in [2.75, 3.05) is 13.6 Å². The van der Waals surface area contributed by atoms with Crippen LogP contribution in [0.3, 0.4) is 0 Å². The average Bonchev–Trinajstić information content (AvgIpc) is 2.22. The second-order valence-electron chi connectivity index (χ2n) is 4.81. The van der Waals surface area contributed by atoms with E-state index < -0.39 is 11.5 Å². The molecule has 1 rings (SSSR count). The minimum Gasteiger partial charge on any atom is -0.357 e. The first-order valence-corrected chi connectivity index (χ1v) is 5.68. The van der Waals surface area contributed by atoms with Crippen LogP contribution in [0.15, 0.2) is 0 Å². The summed E-state index contributed by atoms with van der Waals surface area (Å²) in [5.41, 5.74) is 5.21. The maximum absolute atomic E-state index is 12.0. The van der Waals surface area contributed by atoms with Crippen molar-refractivity contribution in [3.8, 4) is 0 Å². The zero-order chi connectivity index (χ0) is 12.3. The minimum absolute atomic E-state index is 0.0933. The first-order valence-electron chi connectivity index (χ1n) is 5.68. The summed E-state index contributed by atoms with van der Waals surface area (Å²) < 4.78 is 0. The molecule has 1 fully saturated rings. The van der Waals surface area contributed by atoms with Gasteiger partial charge in [-0.1, -0.05) is 6.92 Å². The second-order valence-corrected chi connectivity index (χ2v) is 4.81. The number of likely N-dealkylation sites (N-methyl/N-ethyl adjacent to an activating group) is 1. The van der Waals surface area contributed by atoms with Gasteiger partial charge in [-0.15, -0.1) is 0 Å². The van der Waals surface area contributed by atoms with Crippen LogP contribution in [0.1, 0.15) is 26.7 Å². The van der Waals surface area contributed by atoms with E-state index >= 15 is 0 Å². The first-order chi connectivity index (χ1) is 7.45. The van der Waals surface area contributed by atoms with Crippen molar-refractivity contribution in [1.82, 2.24) is 10.6 Å². The molecule has 0 bridgehead atoms. The van der Waals surface area contributed by atoms with Gasteiger partial charge in [0.25, 0.3) is 0 Å². The van der Waals surface area contributed by atoms with E-state index in [1.807, 2.05) is 0 Å². The van der Waals surface area contributed by atoms with Crippen LogP contribution in [0, 0.1) is 11.3 Å². The molecule has 4 N–H and O–H groups in total. The van der Waals surface area contributed by atoms with Gasteiger partial charge in [0.05, 0.1) is 5.41 Å². The lowest BCUT2D eigenvalue weighted by Crippen LogP contribution is -2.57. The predicted octanol–water partition coefficient (Wildman–Crippen LogP) is -0.388. The summed E-state index contributed by atoms with van der Waals surface area (Å²) >= 11 is 0. The Morgan fingerprint density at radius 3 is 2.44 bits per heavy atom. The van der Waals surface area contributed by atoms with Crippen LogP contribution in [0.5, 0.6) is 0 Å². The third-order valence-electron chi connectivity index (χ3n) is 3.34. The molecule has 0 aromatic carbocycles. The summed E-state index contributed by atoms with van der Waals surface area (Å²) in [6.45, 7) is 4.12. The molecule has 0 aromatic heterocycles. The Labute approximate surface area is 96.1 Å². The monoisotopic (exact) mass is 227 g/mol. The Hall–Kier alpha value is -1.10. The van der Waals surface area contributed by atoms with Crippen LogP contribution in [0.4, 0.5) is 0 Å². The maximum Gasteiger partial charge on any atom is 0.242 e. The molecule has 1 atom stereocenters. The highest BCUT2D eigenvalue weighted by atomic mass is 16.2. The number of amides is 2. The molecule has 1 saturated carbocycles. The summed E-state index contributed by atoms with van der Waals surface area (Å²) in [7, 11) is 1.55. The molecule has 5 nitrogen and oxygen atoms in total. The maximum atomic E-state index is 12.0. The van der Waals surface area contributed by atoms with Crippen molar-refractivity contribution in [3.63, 3.8) is 0 Å². The van der Waals surface area contributed by atoms with E-state index in [-0.39, 0.29) is 11.8 Å². The standard InChI is InChI=1S/C11H21N3O2/c1-7-4-11(5-7,6-12)10(16)14-8(2)9(15)13-3/h7-8H,4-6,12H2,1-3H3,(H,13,15)(H,14,16). The van der Waals surface area contributed by atoms with Gasteiger partial charge >= 0.3 is 0 Å². The molecule has 0 radical (unpaired) electrons. The normalized spacial score (nSPS) is 30.1. The molecule has 0 saturated heterocycles. The smallest absolute Gasteiger partial charge is 0.242 e. The topological polar surface area (TPSA) is 84.2 Å². The van der Waals surface area contributed by atoms with Gasteiger partial charge in [-0.2, -0.15) is 0 Å². The lowest BCUT2D eigenvalue weighted by Gasteiger charge is -2.44. The first kappa shape index (κ1) is 13.0. The van der Waals surface area contributed by atoms with Crippen molar-refractivity contribution >= 4 is 11.8 Å². The molecule has 1 aliphatic carbocycles. The minimum atomic E-state index is -0.503. The van der Waals surface area contributed by atoms with E-state index in [1.165, 1.54) is 0 Å². The van der Waals surface area contributed by atoms with Gasteiger partial charge in [0.1, 0.15) is 6.04 Å². The Bertz CT molecular complexity index is 285. The quantitative estimate of drug-likeness (QED) is 0.611. The number of carbonyl (C=O) groups is 2. The van der Waals surface area contributed by atoms with Crippen molar-refractivity contribution < 1.29 is 9.59 Å². The largest absolute Gasteiger partial charge is 0.357 e. The lowest BCUT2D eigenvalue weighted by molar-refractivity contribution is -0.140. The van der Waals surface area contributed by atoms with Crippen LogP contribution in [0.25, 0.3) is 0 Å². The number of carbonyl (C=O) groups excluding carboxylic acids is 2. The highest BCUT2D eigenvalue weighted by Gasteiger charge is 2.47. The molecule has 1 unspecified atom stereocenters. The summed E-state index contributed by atoms with van der Waals surface area (Å²) in [4.78, 5) is 23.3. The molecular formula is C11H21N3O2. The van der Waals surface area contributed by atoms with Crippen molar-refractivity contribution in [3.05, 3.63) is 0 Å². The summed E-state index contributed by atoms with van der Waals surface area (Å²) in [5.74, 6) is 0.265. The lowest BCUT2D eigenvalue weighted by atomic mass is 9.62. The fourth-order valence-corrected chi connectivity index (χ4v) is 2.35. The van der Waals surface area contributed by atoms with Crippen LogP contribution in [0.2, 0.25) is 0 Å². The average molecular weight is 227 g/mol. The van der Waals surface area contributed by atoms with E-state index in [0.717, 1.165) is 12.8 Å². The van der Waals surface area contributed by atoms with Gasteiger partial charge in [-0.3, -0.25) is 9.59 Å². The third-order valence-corrected chi connectivity index (χ3v) is 3.34. The third kappa shape index (κ3) is 2.35. The molecule has 0 aromatic rings. The van der Waals surface area contributed by atoms with Crippen LogP contribution in [-0.4, -0.2) is 31.4 Å². The Morgan fingerprint density at radius 2 is 2.06 bits per heavy atom. The summed E-state index contributed by atoms with van der Waals surface area (Å²) in [5, 5.41) is 5.21. The summed E-state index contributed by atoms with van der Waals surface area (Å²) in [6.07, 6.45) is 1.63. The molecule has 0 spiro atoms. The van der Waals surface area contributed by atoms with E-state index in [4.69, 9.17) is 5.73 Å². The van der Waals surface area contributed by atoms with Gasteiger partial charge in [0.15, 0.2) is 0 Å². The van der Waals surface area contributed by atoms with Gasteiger partial charge in [-0.05, 0) is 25.7 Å². The fourth-order valence-electron chi connectivity index (χ4n) is 2.35. The van der Waals surface area contributed by atoms with Crippen molar-refractivity contribution in [1.29, 1.82) is 0 Å². The van der Waals surface area contributed by atoms with Crippen LogP contribution in [-0.2, 0) is 9.59 Å². The number of hydrogen-bond donors (Lipinski definition) is 3. The van der Waals surface area contributed by atoms with E-state index in [1.54, 1.807) is 14.0 Å². The molecule has 16 heavy (non-hydrogen) atoms. The number of hydrogen-bond acceptors (Lipinski definition) is 3. The van der Waals surface area contributed by atoms with Gasteiger partial charge < -0.3 is 16.4 Å². The second kappa shape index (κ2) is 4.82. The van der Waals surface area contributed by atoms with Gasteiger partial charge in [0, 0.05) is 13.6 Å². The summed E-state index contributed by atoms with van der Waals surface area (Å²) in [6, 6.07) is -0.503. The van der Waals surface area contributed by atoms with Crippen molar-refractivity contribution in [2.24, 2.45) is 17.1 Å². The van der Waals surface area contributed by atoms with E-state index in [2.05, 4.69) is 17.6 Å². The van der Waals surface area contributed by atoms with E-state index in [9.17, 15) is 9.59 Å². The number of nitrogens with one attached hydrogen (secondary N) is 2. The molecule has 1 aliphatic rings. The number of rotatable bonds is 4. The molecule has 5 heteroatoms. The Kier molecular flexibility index (Phi) is 3.91. The molecule has 0 aliphatic heterocycles. The molecule has 2 amide bonds. The van der Waals surface area contributed by atoms with Gasteiger partial charge in [0.2, 0.25) is 11.8 Å². The van der Waals surface area contributed by atoms with Crippen LogP contribution >= 0.6 is 0 Å². The highest BCUT2D eigenvalue weighted by molar-refractivity contribution is 5.90. The predicted molar refractivity (Wildman–Crippen MR) is 61.6 cm³/mol. The van der Waals surface area contributed by atoms with E-state index in [0.29, 0.717) is 12.5 Å². The fraction of sp³-hybridized carbons (Fsp3) is 0.818. The highest BCUT2D eigenvalue weighted by Crippen LogP contribution is 2.44. The zero-order valence-corrected chi connectivity index (χ0v) is 10.2. The Morgan fingerprint density at radius 1 is 1.50 bits per heavy atom. The SMILES string of the molecule is CNC(=O)C(C)NC(=O)C1(CN)CC(C)C1.